The van der Waals surface area contributed by atoms with Gasteiger partial charge < -0.3 is 10.1 Å². The van der Waals surface area contributed by atoms with E-state index in [1.165, 1.54) is 11.1 Å². The third-order valence-corrected chi connectivity index (χ3v) is 4.97. The second-order valence-electron chi connectivity index (χ2n) is 6.82. The monoisotopic (exact) mass is 373 g/mol. The van der Waals surface area contributed by atoms with Crippen molar-refractivity contribution in [3.63, 3.8) is 0 Å². The summed E-state index contributed by atoms with van der Waals surface area (Å²) in [5.41, 5.74) is 3.61. The Kier molecular flexibility index (Phi) is 7.25. The van der Waals surface area contributed by atoms with E-state index < -0.39 is 0 Å². The molecule has 0 bridgehead atoms. The topological polar surface area (TPSA) is 38.3 Å². The van der Waals surface area contributed by atoms with E-state index in [1.807, 2.05) is 36.4 Å². The van der Waals surface area contributed by atoms with Crippen molar-refractivity contribution < 1.29 is 9.53 Å². The Morgan fingerprint density at radius 2 is 1.43 bits per heavy atom. The maximum absolute atomic E-state index is 12.3. The largest absolute Gasteiger partial charge is 0.496 e. The summed E-state index contributed by atoms with van der Waals surface area (Å²) in [5, 5.41) is 3.08. The number of amides is 1. The first-order chi connectivity index (χ1) is 13.8. The molecule has 1 amide bonds. The third kappa shape index (κ3) is 5.46. The number of nitrogens with one attached hydrogen (secondary N) is 1. The van der Waals surface area contributed by atoms with Gasteiger partial charge in [0.2, 0.25) is 5.91 Å². The van der Waals surface area contributed by atoms with Crippen molar-refractivity contribution >= 4 is 5.91 Å². The lowest BCUT2D eigenvalue weighted by Crippen LogP contribution is -2.26. The van der Waals surface area contributed by atoms with Gasteiger partial charge in [-0.05, 0) is 35.6 Å². The summed E-state index contributed by atoms with van der Waals surface area (Å²) >= 11 is 0. The van der Waals surface area contributed by atoms with E-state index in [4.69, 9.17) is 4.74 Å². The zero-order valence-corrected chi connectivity index (χ0v) is 16.3. The maximum atomic E-state index is 12.3. The molecular formula is C25H27NO2. The van der Waals surface area contributed by atoms with Crippen LogP contribution in [0.25, 0.3) is 0 Å². The minimum absolute atomic E-state index is 0.0748. The van der Waals surface area contributed by atoms with Crippen molar-refractivity contribution in [1.82, 2.24) is 5.32 Å². The minimum Gasteiger partial charge on any atom is -0.496 e. The fourth-order valence-electron chi connectivity index (χ4n) is 3.50. The predicted octanol–water partition coefficient (Wildman–Crippen LogP) is 4.97. The van der Waals surface area contributed by atoms with Gasteiger partial charge in [0.1, 0.15) is 5.75 Å². The molecule has 3 aromatic rings. The molecular weight excluding hydrogens is 346 g/mol. The summed E-state index contributed by atoms with van der Waals surface area (Å²) < 4.78 is 5.36. The van der Waals surface area contributed by atoms with Gasteiger partial charge in [-0.3, -0.25) is 4.79 Å². The summed E-state index contributed by atoms with van der Waals surface area (Å²) in [6.45, 7) is 0.652. The van der Waals surface area contributed by atoms with Crippen LogP contribution in [-0.2, 0) is 11.2 Å². The van der Waals surface area contributed by atoms with Gasteiger partial charge in [0.15, 0.2) is 0 Å². The SMILES string of the molecule is COc1ccccc1CCC(=O)NCCC(c1ccccc1)c1ccccc1. The molecule has 3 aromatic carbocycles. The van der Waals surface area contributed by atoms with Crippen molar-refractivity contribution in [1.29, 1.82) is 0 Å². The van der Waals surface area contributed by atoms with Gasteiger partial charge in [0, 0.05) is 18.9 Å². The van der Waals surface area contributed by atoms with Crippen molar-refractivity contribution in [2.75, 3.05) is 13.7 Å². The van der Waals surface area contributed by atoms with Gasteiger partial charge in [-0.2, -0.15) is 0 Å². The number of methoxy groups -OCH3 is 1. The summed E-state index contributed by atoms with van der Waals surface area (Å²) in [6, 6.07) is 28.8. The molecule has 0 spiro atoms. The molecule has 144 valence electrons. The highest BCUT2D eigenvalue weighted by Crippen LogP contribution is 2.27. The van der Waals surface area contributed by atoms with Crippen LogP contribution in [-0.4, -0.2) is 19.6 Å². The van der Waals surface area contributed by atoms with E-state index in [9.17, 15) is 4.79 Å². The lowest BCUT2D eigenvalue weighted by atomic mass is 9.88. The van der Waals surface area contributed by atoms with Crippen molar-refractivity contribution in [3.05, 3.63) is 102 Å². The van der Waals surface area contributed by atoms with Gasteiger partial charge in [-0.25, -0.2) is 0 Å². The van der Waals surface area contributed by atoms with Crippen LogP contribution in [0.5, 0.6) is 5.75 Å². The molecule has 0 heterocycles. The van der Waals surface area contributed by atoms with Crippen LogP contribution in [0, 0.1) is 0 Å². The van der Waals surface area contributed by atoms with Crippen LogP contribution >= 0.6 is 0 Å². The van der Waals surface area contributed by atoms with E-state index >= 15 is 0 Å². The van der Waals surface area contributed by atoms with Crippen LogP contribution in [0.3, 0.4) is 0 Å². The average molecular weight is 373 g/mol. The first kappa shape index (κ1) is 19.7. The quantitative estimate of drug-likeness (QED) is 0.575. The molecule has 0 fully saturated rings. The standard InChI is InChI=1S/C25H27NO2/c1-28-24-15-9-8-14-22(24)16-17-25(27)26-19-18-23(20-10-4-2-5-11-20)21-12-6-3-7-13-21/h2-15,23H,16-19H2,1H3,(H,26,27). The minimum atomic E-state index is 0.0748. The first-order valence-corrected chi connectivity index (χ1v) is 9.76. The smallest absolute Gasteiger partial charge is 0.220 e. The van der Waals surface area contributed by atoms with Crippen molar-refractivity contribution in [2.24, 2.45) is 0 Å². The Hall–Kier alpha value is -3.07. The number of benzene rings is 3. The molecule has 0 unspecified atom stereocenters. The number of hydrogen-bond donors (Lipinski definition) is 1. The molecule has 0 aromatic heterocycles. The Bertz CT molecular complexity index is 822. The van der Waals surface area contributed by atoms with Gasteiger partial charge in [0.25, 0.3) is 0 Å². The number of para-hydroxylation sites is 1. The molecule has 0 aliphatic carbocycles. The summed E-state index contributed by atoms with van der Waals surface area (Å²) in [5.74, 6) is 1.19. The first-order valence-electron chi connectivity index (χ1n) is 9.76. The summed E-state index contributed by atoms with van der Waals surface area (Å²) in [4.78, 5) is 12.3. The number of carbonyl (C=O) groups excluding carboxylic acids is 1. The highest BCUT2D eigenvalue weighted by atomic mass is 16.5. The van der Waals surface area contributed by atoms with E-state index in [0.29, 0.717) is 19.4 Å². The zero-order chi connectivity index (χ0) is 19.6. The Morgan fingerprint density at radius 1 is 0.857 bits per heavy atom. The van der Waals surface area contributed by atoms with Gasteiger partial charge in [0.05, 0.1) is 7.11 Å². The van der Waals surface area contributed by atoms with Gasteiger partial charge >= 0.3 is 0 Å². The van der Waals surface area contributed by atoms with Crippen molar-refractivity contribution in [3.8, 4) is 5.75 Å². The third-order valence-electron chi connectivity index (χ3n) is 4.97. The normalized spacial score (nSPS) is 10.6. The van der Waals surface area contributed by atoms with E-state index in [-0.39, 0.29) is 11.8 Å². The van der Waals surface area contributed by atoms with E-state index in [1.54, 1.807) is 7.11 Å². The molecule has 1 N–H and O–H groups in total. The summed E-state index contributed by atoms with van der Waals surface area (Å²) in [7, 11) is 1.66. The van der Waals surface area contributed by atoms with E-state index in [2.05, 4.69) is 53.8 Å². The number of hydrogen-bond acceptors (Lipinski definition) is 2. The highest BCUT2D eigenvalue weighted by Gasteiger charge is 2.14. The second kappa shape index (κ2) is 10.3. The van der Waals surface area contributed by atoms with Crippen LogP contribution in [0.2, 0.25) is 0 Å². The molecule has 3 rings (SSSR count). The maximum Gasteiger partial charge on any atom is 0.220 e. The number of rotatable bonds is 9. The van der Waals surface area contributed by atoms with Crippen LogP contribution < -0.4 is 10.1 Å². The molecule has 0 saturated carbocycles. The van der Waals surface area contributed by atoms with Gasteiger partial charge in [-0.1, -0.05) is 78.9 Å². The van der Waals surface area contributed by atoms with Crippen LogP contribution in [0.15, 0.2) is 84.9 Å². The average Bonchev–Trinajstić information content (AvgIpc) is 2.76. The van der Waals surface area contributed by atoms with Crippen LogP contribution in [0.1, 0.15) is 35.4 Å². The lowest BCUT2D eigenvalue weighted by Gasteiger charge is -2.18. The summed E-state index contributed by atoms with van der Waals surface area (Å²) in [6.07, 6.45) is 2.01. The molecule has 3 heteroatoms. The number of aryl methyl sites for hydroxylation is 1. The Labute approximate surface area is 167 Å². The second-order valence-corrected chi connectivity index (χ2v) is 6.82. The zero-order valence-electron chi connectivity index (χ0n) is 16.3. The van der Waals surface area contributed by atoms with Gasteiger partial charge in [-0.15, -0.1) is 0 Å². The Morgan fingerprint density at radius 3 is 2.04 bits per heavy atom. The molecule has 0 aliphatic heterocycles. The number of ether oxygens (including phenoxy) is 1. The van der Waals surface area contributed by atoms with Crippen molar-refractivity contribution in [2.45, 2.75) is 25.2 Å². The Balaban J connectivity index is 1.55. The lowest BCUT2D eigenvalue weighted by molar-refractivity contribution is -0.121. The molecule has 0 radical (unpaired) electrons. The predicted molar refractivity (Wildman–Crippen MR) is 114 cm³/mol. The van der Waals surface area contributed by atoms with Crippen LogP contribution in [0.4, 0.5) is 0 Å². The fraction of sp³-hybridized carbons (Fsp3) is 0.240. The molecule has 0 aliphatic rings. The van der Waals surface area contributed by atoms with E-state index in [0.717, 1.165) is 17.7 Å². The molecule has 0 atom stereocenters. The fourth-order valence-corrected chi connectivity index (χ4v) is 3.50. The molecule has 3 nitrogen and oxygen atoms in total. The molecule has 28 heavy (non-hydrogen) atoms. The molecule has 0 saturated heterocycles. The number of carbonyl (C=O) groups is 1. The highest BCUT2D eigenvalue weighted by molar-refractivity contribution is 5.76.